The Bertz CT molecular complexity index is 518. The second-order valence-electron chi connectivity index (χ2n) is 3.28. The van der Waals surface area contributed by atoms with Crippen LogP contribution >= 0.6 is 22.9 Å². The van der Waals surface area contributed by atoms with E-state index in [1.54, 1.807) is 12.3 Å². The van der Waals surface area contributed by atoms with Crippen LogP contribution in [-0.2, 0) is 6.54 Å². The lowest BCUT2D eigenvalue weighted by Crippen LogP contribution is -2.00. The fourth-order valence-electron chi connectivity index (χ4n) is 1.36. The molecule has 2 rings (SSSR count). The first-order valence-corrected chi connectivity index (χ1v) is 6.06. The third-order valence-electron chi connectivity index (χ3n) is 2.14. The molecule has 0 saturated heterocycles. The molecule has 1 heterocycles. The molecule has 1 aromatic heterocycles. The SMILES string of the molecule is COc1cc(F)ccc1NCc1cnc(Cl)s1. The first kappa shape index (κ1) is 12.1. The highest BCUT2D eigenvalue weighted by molar-refractivity contribution is 7.15. The van der Waals surface area contributed by atoms with Crippen LogP contribution in [0.15, 0.2) is 24.4 Å². The molecule has 0 unspecified atom stereocenters. The van der Waals surface area contributed by atoms with Gasteiger partial charge in [0.2, 0.25) is 0 Å². The topological polar surface area (TPSA) is 34.1 Å². The van der Waals surface area contributed by atoms with Gasteiger partial charge in [0.05, 0.1) is 19.3 Å². The summed E-state index contributed by atoms with van der Waals surface area (Å²) in [6, 6.07) is 4.35. The van der Waals surface area contributed by atoms with E-state index in [9.17, 15) is 4.39 Å². The number of hydrogen-bond acceptors (Lipinski definition) is 4. The highest BCUT2D eigenvalue weighted by atomic mass is 35.5. The molecule has 6 heteroatoms. The number of halogens is 2. The average Bonchev–Trinajstić information content (AvgIpc) is 2.73. The zero-order chi connectivity index (χ0) is 12.3. The fourth-order valence-corrected chi connectivity index (χ4v) is 2.28. The molecule has 1 N–H and O–H groups in total. The Morgan fingerprint density at radius 1 is 1.53 bits per heavy atom. The summed E-state index contributed by atoms with van der Waals surface area (Å²) in [6.45, 7) is 0.576. The molecule has 90 valence electrons. The standard InChI is InChI=1S/C11H10ClFN2OS/c1-16-10-4-7(13)2-3-9(10)14-5-8-6-15-11(12)17-8/h2-4,6,14H,5H2,1H3. The van der Waals surface area contributed by atoms with Gasteiger partial charge in [-0.1, -0.05) is 11.6 Å². The normalized spacial score (nSPS) is 10.3. The van der Waals surface area contributed by atoms with Gasteiger partial charge in [-0.25, -0.2) is 9.37 Å². The fraction of sp³-hybridized carbons (Fsp3) is 0.182. The number of nitrogens with one attached hydrogen (secondary N) is 1. The molecule has 0 aliphatic carbocycles. The molecule has 17 heavy (non-hydrogen) atoms. The Morgan fingerprint density at radius 3 is 3.00 bits per heavy atom. The molecule has 0 atom stereocenters. The molecule has 2 aromatic rings. The third kappa shape index (κ3) is 3.08. The highest BCUT2D eigenvalue weighted by Gasteiger charge is 2.05. The van der Waals surface area contributed by atoms with Crippen molar-refractivity contribution in [2.45, 2.75) is 6.54 Å². The van der Waals surface area contributed by atoms with E-state index in [1.807, 2.05) is 0 Å². The van der Waals surface area contributed by atoms with E-state index in [4.69, 9.17) is 16.3 Å². The number of benzene rings is 1. The maximum absolute atomic E-state index is 13.0. The Hall–Kier alpha value is -1.33. The maximum Gasteiger partial charge on any atom is 0.183 e. The summed E-state index contributed by atoms with van der Waals surface area (Å²) in [5.41, 5.74) is 0.735. The van der Waals surface area contributed by atoms with E-state index in [2.05, 4.69) is 10.3 Å². The average molecular weight is 273 g/mol. The van der Waals surface area contributed by atoms with Gasteiger partial charge in [-0.2, -0.15) is 0 Å². The van der Waals surface area contributed by atoms with Crippen LogP contribution in [0.1, 0.15) is 4.88 Å². The van der Waals surface area contributed by atoms with Crippen molar-refractivity contribution in [2.75, 3.05) is 12.4 Å². The molecule has 0 bridgehead atoms. The molecule has 0 saturated carbocycles. The first-order chi connectivity index (χ1) is 8.19. The quantitative estimate of drug-likeness (QED) is 0.924. The second-order valence-corrected chi connectivity index (χ2v) is 4.98. The van der Waals surface area contributed by atoms with Crippen LogP contribution in [0, 0.1) is 5.82 Å². The van der Waals surface area contributed by atoms with Crippen molar-refractivity contribution in [3.63, 3.8) is 0 Å². The van der Waals surface area contributed by atoms with Crippen LogP contribution in [0.25, 0.3) is 0 Å². The van der Waals surface area contributed by atoms with Crippen molar-refractivity contribution in [2.24, 2.45) is 0 Å². The van der Waals surface area contributed by atoms with Gasteiger partial charge in [-0.05, 0) is 12.1 Å². The summed E-state index contributed by atoms with van der Waals surface area (Å²) in [6.07, 6.45) is 1.70. The Labute approximate surface area is 107 Å². The third-order valence-corrected chi connectivity index (χ3v) is 3.26. The number of methoxy groups -OCH3 is 1. The van der Waals surface area contributed by atoms with Crippen molar-refractivity contribution >= 4 is 28.6 Å². The predicted octanol–water partition coefficient (Wildman–Crippen LogP) is 3.56. The summed E-state index contributed by atoms with van der Waals surface area (Å²) < 4.78 is 18.6. The van der Waals surface area contributed by atoms with Gasteiger partial charge in [0, 0.05) is 17.1 Å². The summed E-state index contributed by atoms with van der Waals surface area (Å²) in [7, 11) is 1.50. The van der Waals surface area contributed by atoms with Gasteiger partial charge in [0.25, 0.3) is 0 Å². The molecule has 0 spiro atoms. The lowest BCUT2D eigenvalue weighted by atomic mass is 10.3. The number of hydrogen-bond donors (Lipinski definition) is 1. The van der Waals surface area contributed by atoms with Crippen molar-refractivity contribution in [1.29, 1.82) is 0 Å². The van der Waals surface area contributed by atoms with Gasteiger partial charge < -0.3 is 10.1 Å². The minimum atomic E-state index is -0.326. The zero-order valence-electron chi connectivity index (χ0n) is 9.04. The molecular weight excluding hydrogens is 263 g/mol. The molecule has 0 aliphatic heterocycles. The Balaban J connectivity index is 2.08. The summed E-state index contributed by atoms with van der Waals surface area (Å²) in [4.78, 5) is 4.94. The van der Waals surface area contributed by atoms with Crippen molar-refractivity contribution < 1.29 is 9.13 Å². The van der Waals surface area contributed by atoms with Crippen LogP contribution in [0.2, 0.25) is 4.47 Å². The molecule has 3 nitrogen and oxygen atoms in total. The van der Waals surface area contributed by atoms with Crippen molar-refractivity contribution in [3.05, 3.63) is 39.6 Å². The van der Waals surface area contributed by atoms with Crippen LogP contribution in [0.5, 0.6) is 5.75 Å². The molecule has 0 amide bonds. The lowest BCUT2D eigenvalue weighted by Gasteiger charge is -2.09. The van der Waals surface area contributed by atoms with E-state index < -0.39 is 0 Å². The van der Waals surface area contributed by atoms with Crippen LogP contribution in [0.3, 0.4) is 0 Å². The number of thiazole rings is 1. The Morgan fingerprint density at radius 2 is 2.35 bits per heavy atom. The van der Waals surface area contributed by atoms with E-state index in [1.165, 1.54) is 30.6 Å². The van der Waals surface area contributed by atoms with Crippen LogP contribution < -0.4 is 10.1 Å². The van der Waals surface area contributed by atoms with Gasteiger partial charge in [-0.3, -0.25) is 0 Å². The highest BCUT2D eigenvalue weighted by Crippen LogP contribution is 2.26. The van der Waals surface area contributed by atoms with Gasteiger partial charge in [0.1, 0.15) is 11.6 Å². The molecule has 1 aromatic carbocycles. The van der Waals surface area contributed by atoms with Crippen LogP contribution in [-0.4, -0.2) is 12.1 Å². The number of ether oxygens (including phenoxy) is 1. The van der Waals surface area contributed by atoms with E-state index in [-0.39, 0.29) is 5.82 Å². The number of rotatable bonds is 4. The minimum absolute atomic E-state index is 0.326. The number of nitrogens with zero attached hydrogens (tertiary/aromatic N) is 1. The zero-order valence-corrected chi connectivity index (χ0v) is 10.6. The summed E-state index contributed by atoms with van der Waals surface area (Å²) in [5, 5.41) is 3.14. The monoisotopic (exact) mass is 272 g/mol. The maximum atomic E-state index is 13.0. The number of anilines is 1. The van der Waals surface area contributed by atoms with Crippen molar-refractivity contribution in [1.82, 2.24) is 4.98 Å². The van der Waals surface area contributed by atoms with Gasteiger partial charge in [-0.15, -0.1) is 11.3 Å². The lowest BCUT2D eigenvalue weighted by molar-refractivity contribution is 0.413. The van der Waals surface area contributed by atoms with Crippen molar-refractivity contribution in [3.8, 4) is 5.75 Å². The molecular formula is C11H10ClFN2OS. The van der Waals surface area contributed by atoms with Crippen LogP contribution in [0.4, 0.5) is 10.1 Å². The summed E-state index contributed by atoms with van der Waals surface area (Å²) in [5.74, 6) is 0.147. The first-order valence-electron chi connectivity index (χ1n) is 4.86. The molecule has 0 fully saturated rings. The van der Waals surface area contributed by atoms with Gasteiger partial charge in [0.15, 0.2) is 4.47 Å². The van der Waals surface area contributed by atoms with E-state index >= 15 is 0 Å². The van der Waals surface area contributed by atoms with E-state index in [0.717, 1.165) is 10.6 Å². The largest absolute Gasteiger partial charge is 0.494 e. The summed E-state index contributed by atoms with van der Waals surface area (Å²) >= 11 is 7.13. The second kappa shape index (κ2) is 5.33. The smallest absolute Gasteiger partial charge is 0.183 e. The Kier molecular flexibility index (Phi) is 3.81. The van der Waals surface area contributed by atoms with E-state index in [0.29, 0.717) is 16.8 Å². The number of aromatic nitrogens is 1. The molecule has 0 radical (unpaired) electrons. The predicted molar refractivity (Wildman–Crippen MR) is 67.4 cm³/mol. The minimum Gasteiger partial charge on any atom is -0.494 e. The van der Waals surface area contributed by atoms with Gasteiger partial charge >= 0.3 is 0 Å². The molecule has 0 aliphatic rings.